The Kier molecular flexibility index (Phi) is 78.7. The SMILES string of the molecule is C.C.CC(C)C[Si](CCCC(CO)(CO)CCC[Si](CC(C)C)(CC(C)C)CC(C)C)(CC(C)C)CC(C)C.CC[Si](CC)(CC)CCCC(CO)(CO)CCC[Si](C)(O[Si](C)(C)C)O[Si](C)(C)C.C[Si](C)(C)O[SiH](CCCCCCC(CO)(CO)CCCCCC[Si](C)(O[Si](C)(C)C)O[Si](C)(C)C)O[Si](C)(C)C.C[Si](C)(C)O[Si](C)(C)O[Si](C)(C)CCCC(CO)(CO)CCC[Si](C)(C)O[Si](C)(C)O[Si](C)(C)C. The highest BCUT2D eigenvalue weighted by Crippen LogP contribution is 2.45. The van der Waals surface area contributed by atoms with Gasteiger partial charge < -0.3 is 82.0 Å². The molecule has 0 bridgehead atoms. The van der Waals surface area contributed by atoms with Crippen molar-refractivity contribution in [2.45, 2.75) is 585 Å². The van der Waals surface area contributed by atoms with Crippen LogP contribution in [0.15, 0.2) is 0 Å². The Morgan fingerprint density at radius 2 is 0.396 bits per heavy atom. The Morgan fingerprint density at radius 1 is 0.208 bits per heavy atom. The minimum absolute atomic E-state index is 0. The highest BCUT2D eigenvalue weighted by molar-refractivity contribution is 6.91. The highest BCUT2D eigenvalue weighted by atomic mass is 28.5. The maximum Gasteiger partial charge on any atom is 0.314 e. The molecule has 0 aromatic rings. The van der Waals surface area contributed by atoms with E-state index < -0.39 is 156 Å². The minimum atomic E-state index is -2.26. The maximum atomic E-state index is 10.6. The topological polar surface area (TPSA) is 254 Å². The molecule has 0 aromatic carbocycles. The normalized spacial score (nSPS) is 14.2. The Balaban J connectivity index is -0.000000441. The summed E-state index contributed by atoms with van der Waals surface area (Å²) in [4.78, 5) is 0. The average Bonchev–Trinajstić information content (AvgIpc) is 0.837. The van der Waals surface area contributed by atoms with E-state index >= 15 is 0 Å². The van der Waals surface area contributed by atoms with Gasteiger partial charge in [-0.1, -0.05) is 281 Å². The van der Waals surface area contributed by atoms with E-state index in [2.05, 4.69) is 326 Å². The predicted octanol–water partition coefficient (Wildman–Crippen LogP) is 34.0. The molecule has 0 saturated heterocycles. The van der Waals surface area contributed by atoms with Crippen LogP contribution in [-0.2, 0) is 41.2 Å². The average molecular weight is 2360 g/mol. The van der Waals surface area contributed by atoms with Crippen LogP contribution in [0.2, 0.25) is 325 Å². The third-order valence-electron chi connectivity index (χ3n) is 27.7. The molecule has 8 N–H and O–H groups in total. The van der Waals surface area contributed by atoms with Crippen LogP contribution in [0.25, 0.3) is 0 Å². The van der Waals surface area contributed by atoms with Gasteiger partial charge in [0.15, 0.2) is 83.2 Å². The van der Waals surface area contributed by atoms with Crippen molar-refractivity contribution >= 4 is 151 Å². The summed E-state index contributed by atoms with van der Waals surface area (Å²) < 4.78 is 65.5. The van der Waals surface area contributed by atoms with E-state index in [-0.39, 0.29) is 84.0 Å². The second-order valence-corrected chi connectivity index (χ2v) is 136. The van der Waals surface area contributed by atoms with Crippen LogP contribution in [-0.4, -0.2) is 245 Å². The zero-order valence-electron chi connectivity index (χ0n) is 104. The van der Waals surface area contributed by atoms with Gasteiger partial charge in [-0.05, 0) is 340 Å². The third-order valence-corrected chi connectivity index (χ3v) is 94.7. The smallest absolute Gasteiger partial charge is 0.314 e. The fourth-order valence-electron chi connectivity index (χ4n) is 23.8. The summed E-state index contributed by atoms with van der Waals surface area (Å²) in [5.74, 6) is 4.61. The summed E-state index contributed by atoms with van der Waals surface area (Å²) in [5.41, 5.74) is -1.42. The molecule has 0 aromatic heterocycles. The summed E-state index contributed by atoms with van der Waals surface area (Å²) in [6.45, 7) is 113. The van der Waals surface area contributed by atoms with Crippen LogP contribution < -0.4 is 0 Å². The molecule has 0 aliphatic heterocycles. The molecule has 0 heterocycles. The maximum absolute atomic E-state index is 10.6. The summed E-state index contributed by atoms with van der Waals surface area (Å²) in [5, 5.41) is 82.4. The molecule has 0 aliphatic rings. The van der Waals surface area contributed by atoms with E-state index in [1.165, 1.54) is 91.8 Å². The van der Waals surface area contributed by atoms with Crippen molar-refractivity contribution in [3.05, 3.63) is 0 Å². The standard InChI is InChI=1S/C33H72O2Si2.C28H70O6Si6.C23H60O6Si6.C22H54O4Si4.2CH4/c1-27(2)19-36(20-28(3)4,21-29(5)6)17-13-15-33(25-34,26-35)16-14-18-37(22-30(7)8,23-31(9)10)24-32(11)12;1-36(2,3)31-35(32-37(4,5)6)24-20-16-14-18-22-28(26-29,27-30)23-19-15-17-21-25-40(13,33-38(7,8)9)34-39(10,11)12;1-30(2,3)26-34(11,12)28-32(7,8)19-15-17-23(21-24,22-25)18-16-20-33(9,10)29-35(13,14)27-31(4,5)6;1-11-30(12-2,13-3)19-15-17-22(20-23,21-24)16-14-18-29(10,25-27(4,5)6)26-28(7,8)9;;/h27-32,34-35H,13-26H2,1-12H3;29-30,35H,14-27H2,1-13H3;24-25H,15-22H2,1-14H3;23-24H,11-21H2,1-10H3;2*1H4. The molecule has 0 unspecified atom stereocenters. The van der Waals surface area contributed by atoms with Crippen molar-refractivity contribution in [2.24, 2.45) is 57.2 Å². The lowest BCUT2D eigenvalue weighted by Crippen LogP contribution is -2.52. The van der Waals surface area contributed by atoms with Crippen LogP contribution in [0.3, 0.4) is 0 Å². The van der Waals surface area contributed by atoms with Gasteiger partial charge in [0.2, 0.25) is 0 Å². The van der Waals surface area contributed by atoms with Gasteiger partial charge in [0.05, 0.1) is 77.1 Å². The molecule has 18 nitrogen and oxygen atoms in total. The third kappa shape index (κ3) is 80.9. The first-order chi connectivity index (χ1) is 64.1. The molecule has 0 amide bonds. The molecule has 144 heavy (non-hydrogen) atoms. The van der Waals surface area contributed by atoms with E-state index in [0.717, 1.165) is 188 Å². The monoisotopic (exact) mass is 2350 g/mol. The number of rotatable bonds is 81. The van der Waals surface area contributed by atoms with Crippen LogP contribution in [0.5, 0.6) is 0 Å². The van der Waals surface area contributed by atoms with E-state index in [0.29, 0.717) is 0 Å². The number of aliphatic hydroxyl groups is 8. The summed E-state index contributed by atoms with van der Waals surface area (Å²) in [7, 11) is -31.2. The van der Waals surface area contributed by atoms with Gasteiger partial charge in [0.1, 0.15) is 0 Å². The number of hydrogen-bond donors (Lipinski definition) is 8. The van der Waals surface area contributed by atoms with E-state index in [1.54, 1.807) is 0 Å². The second kappa shape index (κ2) is 71.8. The van der Waals surface area contributed by atoms with Gasteiger partial charge in [-0.3, -0.25) is 0 Å². The van der Waals surface area contributed by atoms with E-state index in [1.807, 2.05) is 0 Å². The van der Waals surface area contributed by atoms with E-state index in [9.17, 15) is 40.9 Å². The summed E-state index contributed by atoms with van der Waals surface area (Å²) >= 11 is 0. The number of aliphatic hydroxyl groups excluding tert-OH is 8. The Labute approximate surface area is 920 Å². The van der Waals surface area contributed by atoms with Gasteiger partial charge in [0.25, 0.3) is 0 Å². The molecule has 36 heteroatoms. The zero-order valence-corrected chi connectivity index (χ0v) is 123. The lowest BCUT2D eigenvalue weighted by molar-refractivity contribution is 0.0353. The molecular formula is C108H264O18Si18. The van der Waals surface area contributed by atoms with Gasteiger partial charge in [-0.15, -0.1) is 0 Å². The Morgan fingerprint density at radius 3 is 0.597 bits per heavy atom. The first kappa shape index (κ1) is 158. The van der Waals surface area contributed by atoms with Crippen LogP contribution in [0.4, 0.5) is 0 Å². The molecule has 0 saturated carbocycles. The summed E-state index contributed by atoms with van der Waals surface area (Å²) in [6, 6.07) is 21.8. The van der Waals surface area contributed by atoms with Crippen molar-refractivity contribution in [3.8, 4) is 0 Å². The molecule has 0 aliphatic carbocycles. The number of hydrogen-bond acceptors (Lipinski definition) is 18. The lowest BCUT2D eigenvalue weighted by atomic mass is 9.79. The van der Waals surface area contributed by atoms with Crippen LogP contribution >= 0.6 is 0 Å². The summed E-state index contributed by atoms with van der Waals surface area (Å²) in [6.07, 6.45) is 22.6. The molecule has 0 fully saturated rings. The fraction of sp³-hybridized carbons (Fsp3) is 1.00. The first-order valence-corrected chi connectivity index (χ1v) is 112. The largest absolute Gasteiger partial charge is 0.439 e. The van der Waals surface area contributed by atoms with Crippen molar-refractivity contribution < 1.29 is 82.0 Å². The zero-order chi connectivity index (χ0) is 112. The molecular weight excluding hydrogens is 2090 g/mol. The predicted molar refractivity (Wildman–Crippen MR) is 684 cm³/mol. The van der Waals surface area contributed by atoms with Crippen molar-refractivity contribution in [3.63, 3.8) is 0 Å². The minimum Gasteiger partial charge on any atom is -0.439 e. The van der Waals surface area contributed by atoms with Crippen LogP contribution in [0.1, 0.15) is 260 Å². The van der Waals surface area contributed by atoms with Gasteiger partial charge >= 0.3 is 43.5 Å². The van der Waals surface area contributed by atoms with Gasteiger partial charge in [-0.2, -0.15) is 0 Å². The van der Waals surface area contributed by atoms with Crippen molar-refractivity contribution in [2.75, 3.05) is 52.9 Å². The van der Waals surface area contributed by atoms with Gasteiger partial charge in [-0.25, -0.2) is 0 Å². The highest BCUT2D eigenvalue weighted by Gasteiger charge is 2.47. The molecule has 0 rings (SSSR count). The Bertz CT molecular complexity index is 2940. The molecule has 0 spiro atoms. The molecule has 0 radical (unpaired) electrons. The van der Waals surface area contributed by atoms with Crippen molar-refractivity contribution in [1.29, 1.82) is 0 Å². The Hall–Kier alpha value is 3.18. The molecule has 876 valence electrons. The quantitative estimate of drug-likeness (QED) is 0.0208. The van der Waals surface area contributed by atoms with Crippen molar-refractivity contribution in [1.82, 2.24) is 0 Å². The molecule has 0 atom stereocenters. The first-order valence-electron chi connectivity index (χ1n) is 57.9. The second-order valence-electron chi connectivity index (χ2n) is 58.4. The van der Waals surface area contributed by atoms with Crippen LogP contribution in [0, 0.1) is 57.2 Å². The lowest BCUT2D eigenvalue weighted by Gasteiger charge is -2.39. The van der Waals surface area contributed by atoms with E-state index in [4.69, 9.17) is 41.2 Å². The fourth-order valence-corrected chi connectivity index (χ4v) is 102. The number of unbranched alkanes of at least 4 members (excludes halogenated alkanes) is 6. The van der Waals surface area contributed by atoms with Gasteiger partial charge in [0, 0.05) is 21.7 Å².